The van der Waals surface area contributed by atoms with Gasteiger partial charge in [0.25, 0.3) is 0 Å². The zero-order valence-electron chi connectivity index (χ0n) is 10.7. The molecule has 1 saturated heterocycles. The highest BCUT2D eigenvalue weighted by molar-refractivity contribution is 5.37. The first-order valence-corrected chi connectivity index (χ1v) is 6.96. The molecule has 0 aromatic heterocycles. The molecule has 1 aromatic carbocycles. The maximum Gasteiger partial charge on any atom is 0.122 e. The Morgan fingerprint density at radius 3 is 3.00 bits per heavy atom. The van der Waals surface area contributed by atoms with Crippen LogP contribution in [0.25, 0.3) is 0 Å². The van der Waals surface area contributed by atoms with Crippen molar-refractivity contribution < 1.29 is 9.47 Å². The van der Waals surface area contributed by atoms with Crippen LogP contribution in [0.15, 0.2) is 24.3 Å². The third-order valence-electron chi connectivity index (χ3n) is 3.90. The molecule has 0 amide bonds. The summed E-state index contributed by atoms with van der Waals surface area (Å²) < 4.78 is 11.2. The highest BCUT2D eigenvalue weighted by atomic mass is 16.5. The number of benzene rings is 1. The number of hydrogen-bond acceptors (Lipinski definition) is 3. The summed E-state index contributed by atoms with van der Waals surface area (Å²) in [5.74, 6) is 1.65. The van der Waals surface area contributed by atoms with Gasteiger partial charge in [0.1, 0.15) is 5.75 Å². The van der Waals surface area contributed by atoms with Crippen molar-refractivity contribution in [3.63, 3.8) is 0 Å². The maximum absolute atomic E-state index is 5.69. The second-order valence-corrected chi connectivity index (χ2v) is 5.19. The van der Waals surface area contributed by atoms with Crippen LogP contribution in [0.2, 0.25) is 0 Å². The molecule has 0 aliphatic carbocycles. The molecule has 3 nitrogen and oxygen atoms in total. The number of rotatable bonds is 3. The molecule has 2 unspecified atom stereocenters. The van der Waals surface area contributed by atoms with E-state index in [-0.39, 0.29) is 0 Å². The molecule has 3 heteroatoms. The molecular weight excluding hydrogens is 226 g/mol. The zero-order chi connectivity index (χ0) is 12.2. The Labute approximate surface area is 108 Å². The molecule has 0 spiro atoms. The second-order valence-electron chi connectivity index (χ2n) is 5.19. The van der Waals surface area contributed by atoms with Crippen LogP contribution in [0.4, 0.5) is 0 Å². The van der Waals surface area contributed by atoms with Gasteiger partial charge < -0.3 is 14.8 Å². The van der Waals surface area contributed by atoms with Gasteiger partial charge in [-0.2, -0.15) is 0 Å². The molecule has 2 atom stereocenters. The molecule has 18 heavy (non-hydrogen) atoms. The number of para-hydroxylation sites is 1. The van der Waals surface area contributed by atoms with Gasteiger partial charge in [-0.25, -0.2) is 0 Å². The molecule has 1 aromatic rings. The van der Waals surface area contributed by atoms with Crippen molar-refractivity contribution in [3.05, 3.63) is 29.8 Å². The van der Waals surface area contributed by atoms with E-state index in [0.717, 1.165) is 38.5 Å². The Hall–Kier alpha value is -1.06. The molecule has 2 aliphatic rings. The highest BCUT2D eigenvalue weighted by Gasteiger charge is 2.22. The van der Waals surface area contributed by atoms with Crippen LogP contribution >= 0.6 is 0 Å². The second kappa shape index (κ2) is 5.72. The Morgan fingerprint density at radius 2 is 2.11 bits per heavy atom. The standard InChI is InChI=1S/C15H21NO2/c1-2-6-15-14(5-1)12(7-9-18-15)10-16-13-4-3-8-17-11-13/h1-2,5-6,12-13,16H,3-4,7-11H2. The third kappa shape index (κ3) is 2.68. The molecule has 1 fully saturated rings. The van der Waals surface area contributed by atoms with Crippen LogP contribution in [-0.2, 0) is 4.74 Å². The lowest BCUT2D eigenvalue weighted by molar-refractivity contribution is 0.0695. The lowest BCUT2D eigenvalue weighted by atomic mass is 9.92. The molecule has 1 N–H and O–H groups in total. The minimum Gasteiger partial charge on any atom is -0.493 e. The van der Waals surface area contributed by atoms with Gasteiger partial charge >= 0.3 is 0 Å². The van der Waals surface area contributed by atoms with Crippen LogP contribution in [0.3, 0.4) is 0 Å². The van der Waals surface area contributed by atoms with Gasteiger partial charge in [0, 0.05) is 25.1 Å². The van der Waals surface area contributed by atoms with Crippen LogP contribution in [0.1, 0.15) is 30.7 Å². The molecule has 0 bridgehead atoms. The molecule has 0 radical (unpaired) electrons. The van der Waals surface area contributed by atoms with E-state index in [2.05, 4.69) is 23.5 Å². The average molecular weight is 247 g/mol. The monoisotopic (exact) mass is 247 g/mol. The summed E-state index contributed by atoms with van der Waals surface area (Å²) in [5.41, 5.74) is 1.35. The van der Waals surface area contributed by atoms with Crippen molar-refractivity contribution in [2.75, 3.05) is 26.4 Å². The SMILES string of the molecule is c1ccc2c(c1)OCCC2CNC1CCCOC1. The Balaban J connectivity index is 1.60. The molecule has 3 rings (SSSR count). The molecule has 0 saturated carbocycles. The largest absolute Gasteiger partial charge is 0.493 e. The fraction of sp³-hybridized carbons (Fsp3) is 0.600. The van der Waals surface area contributed by atoms with Crippen LogP contribution in [0.5, 0.6) is 5.75 Å². The molecule has 2 heterocycles. The minimum absolute atomic E-state index is 0.536. The van der Waals surface area contributed by atoms with E-state index in [1.807, 2.05) is 6.07 Å². The van der Waals surface area contributed by atoms with Gasteiger partial charge in [0.05, 0.1) is 13.2 Å². The maximum atomic E-state index is 5.69. The third-order valence-corrected chi connectivity index (χ3v) is 3.90. The van der Waals surface area contributed by atoms with Crippen molar-refractivity contribution in [1.82, 2.24) is 5.32 Å². The summed E-state index contributed by atoms with van der Waals surface area (Å²) in [6, 6.07) is 8.95. The summed E-state index contributed by atoms with van der Waals surface area (Å²) in [6.07, 6.45) is 3.53. The first kappa shape index (κ1) is 12.0. The van der Waals surface area contributed by atoms with E-state index in [9.17, 15) is 0 Å². The summed E-state index contributed by atoms with van der Waals surface area (Å²) in [6.45, 7) is 3.67. The Morgan fingerprint density at radius 1 is 1.17 bits per heavy atom. The fourth-order valence-electron chi connectivity index (χ4n) is 2.84. The van der Waals surface area contributed by atoms with Gasteiger partial charge in [-0.05, 0) is 30.9 Å². The van der Waals surface area contributed by atoms with E-state index < -0.39 is 0 Å². The van der Waals surface area contributed by atoms with E-state index in [0.29, 0.717) is 12.0 Å². The van der Waals surface area contributed by atoms with Crippen LogP contribution in [0, 0.1) is 0 Å². The Kier molecular flexibility index (Phi) is 3.81. The quantitative estimate of drug-likeness (QED) is 0.889. The highest BCUT2D eigenvalue weighted by Crippen LogP contribution is 2.32. The average Bonchev–Trinajstić information content (AvgIpc) is 2.46. The normalized spacial score (nSPS) is 27.3. The van der Waals surface area contributed by atoms with Gasteiger partial charge in [-0.1, -0.05) is 18.2 Å². The van der Waals surface area contributed by atoms with Crippen molar-refractivity contribution in [1.29, 1.82) is 0 Å². The van der Waals surface area contributed by atoms with Crippen molar-refractivity contribution >= 4 is 0 Å². The summed E-state index contributed by atoms with van der Waals surface area (Å²) in [7, 11) is 0. The predicted octanol–water partition coefficient (Wildman–Crippen LogP) is 2.32. The topological polar surface area (TPSA) is 30.5 Å². The lowest BCUT2D eigenvalue weighted by Gasteiger charge is -2.29. The number of hydrogen-bond donors (Lipinski definition) is 1. The molecular formula is C15H21NO2. The summed E-state index contributed by atoms with van der Waals surface area (Å²) in [5, 5.41) is 3.65. The predicted molar refractivity (Wildman–Crippen MR) is 71.1 cm³/mol. The Bertz CT molecular complexity index is 388. The fourth-order valence-corrected chi connectivity index (χ4v) is 2.84. The van der Waals surface area contributed by atoms with E-state index in [4.69, 9.17) is 9.47 Å². The van der Waals surface area contributed by atoms with Gasteiger partial charge in [-0.15, -0.1) is 0 Å². The zero-order valence-corrected chi connectivity index (χ0v) is 10.7. The van der Waals surface area contributed by atoms with E-state index in [1.54, 1.807) is 0 Å². The molecule has 2 aliphatic heterocycles. The van der Waals surface area contributed by atoms with Gasteiger partial charge in [0.15, 0.2) is 0 Å². The number of nitrogens with one attached hydrogen (secondary N) is 1. The van der Waals surface area contributed by atoms with Crippen molar-refractivity contribution in [3.8, 4) is 5.75 Å². The summed E-state index contributed by atoms with van der Waals surface area (Å²) >= 11 is 0. The first-order chi connectivity index (χ1) is 8.93. The first-order valence-electron chi connectivity index (χ1n) is 6.96. The number of ether oxygens (including phenoxy) is 2. The lowest BCUT2D eigenvalue weighted by Crippen LogP contribution is -2.39. The van der Waals surface area contributed by atoms with E-state index in [1.165, 1.54) is 18.4 Å². The van der Waals surface area contributed by atoms with E-state index >= 15 is 0 Å². The summed E-state index contributed by atoms with van der Waals surface area (Å²) in [4.78, 5) is 0. The van der Waals surface area contributed by atoms with Gasteiger partial charge in [0.2, 0.25) is 0 Å². The van der Waals surface area contributed by atoms with Crippen LogP contribution in [-0.4, -0.2) is 32.4 Å². The minimum atomic E-state index is 0.536. The smallest absolute Gasteiger partial charge is 0.122 e. The van der Waals surface area contributed by atoms with Crippen molar-refractivity contribution in [2.24, 2.45) is 0 Å². The van der Waals surface area contributed by atoms with Crippen molar-refractivity contribution in [2.45, 2.75) is 31.2 Å². The van der Waals surface area contributed by atoms with Crippen LogP contribution < -0.4 is 10.1 Å². The number of fused-ring (bicyclic) bond motifs is 1. The van der Waals surface area contributed by atoms with Gasteiger partial charge in [-0.3, -0.25) is 0 Å². The molecule has 98 valence electrons.